The minimum absolute atomic E-state index is 0.358. The van der Waals surface area contributed by atoms with Crippen molar-refractivity contribution in [1.82, 2.24) is 5.43 Å². The molecular formula is C20H21N3O3. The maximum atomic E-state index is 11.9. The molecule has 0 aliphatic heterocycles. The molecular weight excluding hydrogens is 330 g/mol. The van der Waals surface area contributed by atoms with E-state index in [1.807, 2.05) is 31.2 Å². The molecule has 0 saturated heterocycles. The molecule has 0 fully saturated rings. The van der Waals surface area contributed by atoms with Crippen molar-refractivity contribution in [3.05, 3.63) is 72.3 Å². The lowest BCUT2D eigenvalue weighted by molar-refractivity contribution is -0.136. The summed E-state index contributed by atoms with van der Waals surface area (Å²) in [5, 5.41) is 6.33. The van der Waals surface area contributed by atoms with E-state index in [0.29, 0.717) is 23.6 Å². The summed E-state index contributed by atoms with van der Waals surface area (Å²) >= 11 is 0. The first-order valence-corrected chi connectivity index (χ1v) is 8.20. The molecule has 2 aromatic carbocycles. The summed E-state index contributed by atoms with van der Waals surface area (Å²) in [6.45, 7) is 5.99. The average Bonchev–Trinajstić information content (AvgIpc) is 2.67. The first kappa shape index (κ1) is 18.9. The minimum Gasteiger partial charge on any atom is -0.489 e. The van der Waals surface area contributed by atoms with Gasteiger partial charge in [-0.3, -0.25) is 9.59 Å². The van der Waals surface area contributed by atoms with Crippen LogP contribution in [0.3, 0.4) is 0 Å². The van der Waals surface area contributed by atoms with Crippen molar-refractivity contribution < 1.29 is 14.3 Å². The summed E-state index contributed by atoms with van der Waals surface area (Å²) in [4.78, 5) is 23.7. The second kappa shape index (κ2) is 9.78. The van der Waals surface area contributed by atoms with Crippen molar-refractivity contribution in [2.75, 3.05) is 11.9 Å². The van der Waals surface area contributed by atoms with Gasteiger partial charge in [-0.05, 0) is 36.2 Å². The number of anilines is 1. The molecule has 26 heavy (non-hydrogen) atoms. The van der Waals surface area contributed by atoms with Crippen LogP contribution < -0.4 is 15.5 Å². The van der Waals surface area contributed by atoms with Crippen LogP contribution in [-0.2, 0) is 16.0 Å². The lowest BCUT2D eigenvalue weighted by atomic mass is 10.1. The van der Waals surface area contributed by atoms with Crippen LogP contribution in [-0.4, -0.2) is 24.6 Å². The number of carbonyl (C=O) groups excluding carboxylic acids is 2. The fourth-order valence-corrected chi connectivity index (χ4v) is 2.09. The summed E-state index contributed by atoms with van der Waals surface area (Å²) in [5.41, 5.74) is 4.57. The van der Waals surface area contributed by atoms with E-state index in [1.54, 1.807) is 30.3 Å². The predicted octanol–water partition coefficient (Wildman–Crippen LogP) is 2.90. The van der Waals surface area contributed by atoms with Crippen LogP contribution >= 0.6 is 0 Å². The Labute approximate surface area is 152 Å². The molecule has 2 amide bonds. The Hall–Kier alpha value is -3.41. The zero-order valence-electron chi connectivity index (χ0n) is 14.6. The number of hydrogen-bond donors (Lipinski definition) is 2. The molecule has 0 bridgehead atoms. The number of amides is 2. The first-order valence-electron chi connectivity index (χ1n) is 8.20. The molecule has 0 unspecified atom stereocenters. The maximum absolute atomic E-state index is 11.9. The highest BCUT2D eigenvalue weighted by atomic mass is 16.5. The number of nitrogens with one attached hydrogen (secondary N) is 2. The van der Waals surface area contributed by atoms with Gasteiger partial charge in [0.25, 0.3) is 0 Å². The molecule has 2 N–H and O–H groups in total. The Kier molecular flexibility index (Phi) is 7.12. The first-order chi connectivity index (χ1) is 12.6. The van der Waals surface area contributed by atoms with Crippen LogP contribution in [0.25, 0.3) is 0 Å². The third kappa shape index (κ3) is 5.59. The molecule has 0 aliphatic rings. The summed E-state index contributed by atoms with van der Waals surface area (Å²) in [6.07, 6.45) is 3.95. The molecule has 0 atom stereocenters. The quantitative estimate of drug-likeness (QED) is 0.348. The number of rotatable bonds is 7. The zero-order chi connectivity index (χ0) is 18.8. The van der Waals surface area contributed by atoms with Crippen LogP contribution in [0.2, 0.25) is 0 Å². The molecule has 2 aromatic rings. The van der Waals surface area contributed by atoms with Crippen LogP contribution in [0.4, 0.5) is 5.69 Å². The number of aryl methyl sites for hydroxylation is 1. The molecule has 2 rings (SSSR count). The highest BCUT2D eigenvalue weighted by Crippen LogP contribution is 2.15. The van der Waals surface area contributed by atoms with Crippen molar-refractivity contribution in [3.63, 3.8) is 0 Å². The van der Waals surface area contributed by atoms with Crippen LogP contribution in [0.1, 0.15) is 18.1 Å². The number of hydrazone groups is 1. The SMILES string of the molecule is C=CCOc1ccccc1/C=N\NC(=O)C(=O)Nc1ccc(CC)cc1. The topological polar surface area (TPSA) is 79.8 Å². The number of hydrogen-bond acceptors (Lipinski definition) is 4. The van der Waals surface area contributed by atoms with E-state index in [2.05, 4.69) is 22.4 Å². The van der Waals surface area contributed by atoms with E-state index in [4.69, 9.17) is 4.74 Å². The van der Waals surface area contributed by atoms with E-state index < -0.39 is 11.8 Å². The molecule has 134 valence electrons. The number of ether oxygens (including phenoxy) is 1. The van der Waals surface area contributed by atoms with Crippen LogP contribution in [0.15, 0.2) is 66.3 Å². The second-order valence-corrected chi connectivity index (χ2v) is 5.34. The number of nitrogens with zero attached hydrogens (tertiary/aromatic N) is 1. The van der Waals surface area contributed by atoms with Gasteiger partial charge in [0.1, 0.15) is 12.4 Å². The molecule has 0 aromatic heterocycles. The van der Waals surface area contributed by atoms with E-state index >= 15 is 0 Å². The van der Waals surface area contributed by atoms with Gasteiger partial charge in [0.15, 0.2) is 0 Å². The van der Waals surface area contributed by atoms with Crippen molar-refractivity contribution in [1.29, 1.82) is 0 Å². The Balaban J connectivity index is 1.91. The summed E-state index contributed by atoms with van der Waals surface area (Å²) in [5.74, 6) is -1.04. The zero-order valence-corrected chi connectivity index (χ0v) is 14.6. The Morgan fingerprint density at radius 1 is 1.12 bits per heavy atom. The van der Waals surface area contributed by atoms with E-state index in [9.17, 15) is 9.59 Å². The molecule has 6 nitrogen and oxygen atoms in total. The van der Waals surface area contributed by atoms with Gasteiger partial charge in [-0.1, -0.05) is 43.8 Å². The normalized spacial score (nSPS) is 10.3. The maximum Gasteiger partial charge on any atom is 0.329 e. The number of carbonyl (C=O) groups is 2. The largest absolute Gasteiger partial charge is 0.489 e. The molecule has 6 heteroatoms. The summed E-state index contributed by atoms with van der Waals surface area (Å²) in [7, 11) is 0. The van der Waals surface area contributed by atoms with Crippen LogP contribution in [0, 0.1) is 0 Å². The number of benzene rings is 2. The fraction of sp³-hybridized carbons (Fsp3) is 0.150. The smallest absolute Gasteiger partial charge is 0.329 e. The Morgan fingerprint density at radius 2 is 1.85 bits per heavy atom. The third-order valence-electron chi connectivity index (χ3n) is 3.47. The third-order valence-corrected chi connectivity index (χ3v) is 3.47. The second-order valence-electron chi connectivity index (χ2n) is 5.34. The van der Waals surface area contributed by atoms with Crippen molar-refractivity contribution in [2.45, 2.75) is 13.3 Å². The van der Waals surface area contributed by atoms with E-state index in [0.717, 1.165) is 12.0 Å². The minimum atomic E-state index is -0.856. The Morgan fingerprint density at radius 3 is 2.54 bits per heavy atom. The number of para-hydroxylation sites is 1. The monoisotopic (exact) mass is 351 g/mol. The van der Waals surface area contributed by atoms with Crippen molar-refractivity contribution in [3.8, 4) is 5.75 Å². The van der Waals surface area contributed by atoms with Gasteiger partial charge in [-0.25, -0.2) is 5.43 Å². The fourth-order valence-electron chi connectivity index (χ4n) is 2.09. The van der Waals surface area contributed by atoms with Crippen molar-refractivity contribution in [2.24, 2.45) is 5.10 Å². The van der Waals surface area contributed by atoms with Crippen LogP contribution in [0.5, 0.6) is 5.75 Å². The van der Waals surface area contributed by atoms with Gasteiger partial charge in [-0.15, -0.1) is 0 Å². The van der Waals surface area contributed by atoms with Gasteiger partial charge in [0.2, 0.25) is 0 Å². The molecule has 0 spiro atoms. The van der Waals surface area contributed by atoms with E-state index in [1.165, 1.54) is 6.21 Å². The molecule has 0 radical (unpaired) electrons. The van der Waals surface area contributed by atoms with Gasteiger partial charge in [-0.2, -0.15) is 5.10 Å². The Bertz CT molecular complexity index is 798. The summed E-state index contributed by atoms with van der Waals surface area (Å²) in [6, 6.07) is 14.5. The lowest BCUT2D eigenvalue weighted by Gasteiger charge is -2.06. The van der Waals surface area contributed by atoms with Gasteiger partial charge >= 0.3 is 11.8 Å². The van der Waals surface area contributed by atoms with E-state index in [-0.39, 0.29) is 0 Å². The van der Waals surface area contributed by atoms with Gasteiger partial charge in [0, 0.05) is 11.3 Å². The predicted molar refractivity (Wildman–Crippen MR) is 102 cm³/mol. The standard InChI is InChI=1S/C20H21N3O3/c1-3-13-26-18-8-6-5-7-16(18)14-21-23-20(25)19(24)22-17-11-9-15(4-2)10-12-17/h3,5-12,14H,1,4,13H2,2H3,(H,22,24)(H,23,25)/b21-14-. The molecule has 0 heterocycles. The van der Waals surface area contributed by atoms with Gasteiger partial charge in [0.05, 0.1) is 6.21 Å². The van der Waals surface area contributed by atoms with Crippen molar-refractivity contribution >= 4 is 23.7 Å². The average molecular weight is 351 g/mol. The summed E-state index contributed by atoms with van der Waals surface area (Å²) < 4.78 is 5.49. The highest BCUT2D eigenvalue weighted by molar-refractivity contribution is 6.39. The molecule has 0 saturated carbocycles. The highest BCUT2D eigenvalue weighted by Gasteiger charge is 2.12. The lowest BCUT2D eigenvalue weighted by Crippen LogP contribution is -2.32. The molecule has 0 aliphatic carbocycles. The van der Waals surface area contributed by atoms with Gasteiger partial charge < -0.3 is 10.1 Å².